The van der Waals surface area contributed by atoms with Gasteiger partial charge in [-0.05, 0) is 17.0 Å². The van der Waals surface area contributed by atoms with Crippen LogP contribution in [0.3, 0.4) is 0 Å². The maximum absolute atomic E-state index is 3.93. The molecule has 4 heteroatoms. The quantitative estimate of drug-likeness (QED) is 0.271. The molecule has 1 unspecified atom stereocenters. The van der Waals surface area contributed by atoms with Crippen LogP contribution in [0.15, 0.2) is 54.6 Å². The van der Waals surface area contributed by atoms with Crippen LogP contribution < -0.4 is 0 Å². The molecule has 1 aliphatic rings. The molecule has 0 heterocycles. The topological polar surface area (TPSA) is 0 Å². The average Bonchev–Trinajstić information content (AvgIpc) is 2.98. The second kappa shape index (κ2) is 11.6. The van der Waals surface area contributed by atoms with E-state index in [-0.39, 0.29) is 25.8 Å². The smallest absolute Gasteiger partial charge is 0.0484 e. The summed E-state index contributed by atoms with van der Waals surface area (Å²) in [4.78, 5) is 0. The second-order valence-corrected chi connectivity index (χ2v) is 29.0. The third-order valence-corrected chi connectivity index (χ3v) is 18.9. The predicted octanol–water partition coefficient (Wildman–Crippen LogP) is 9.20. The van der Waals surface area contributed by atoms with Crippen LogP contribution in [0.2, 0.25) is 57.4 Å². The zero-order valence-corrected chi connectivity index (χ0v) is 27.9. The molecule has 0 spiro atoms. The third kappa shape index (κ3) is 9.01. The second-order valence-electron chi connectivity index (χ2n) is 13.1. The van der Waals surface area contributed by atoms with E-state index in [9.17, 15) is 0 Å². The molecule has 0 bridgehead atoms. The van der Waals surface area contributed by atoms with Gasteiger partial charge in [0.1, 0.15) is 0 Å². The molecular formula is C29H46ScSi3-2. The fourth-order valence-corrected chi connectivity index (χ4v) is 17.1. The van der Waals surface area contributed by atoms with Crippen LogP contribution in [0.1, 0.15) is 43.4 Å². The van der Waals surface area contributed by atoms with E-state index in [0.717, 1.165) is 6.42 Å². The Hall–Kier alpha value is -0.299. The molecule has 0 aromatic heterocycles. The number of hydrogen-bond acceptors (Lipinski definition) is 0. The molecule has 0 aliphatic heterocycles. The number of rotatable bonds is 5. The van der Waals surface area contributed by atoms with Crippen LogP contribution in [0.4, 0.5) is 0 Å². The maximum atomic E-state index is 3.93. The fourth-order valence-electron chi connectivity index (χ4n) is 4.56. The molecule has 1 radical (unpaired) electrons. The molecule has 2 aromatic rings. The molecule has 179 valence electrons. The Morgan fingerprint density at radius 2 is 1.24 bits per heavy atom. The third-order valence-electron chi connectivity index (χ3n) is 6.57. The van der Waals surface area contributed by atoms with E-state index in [2.05, 4.69) is 139 Å². The Morgan fingerprint density at radius 3 is 1.70 bits per heavy atom. The van der Waals surface area contributed by atoms with Gasteiger partial charge >= 0.3 is 0 Å². The largest absolute Gasteiger partial charge is 0.327 e. The molecule has 3 rings (SSSR count). The number of allylic oxidation sites excluding steroid dienone is 1. The minimum atomic E-state index is -1.58. The summed E-state index contributed by atoms with van der Waals surface area (Å²) in [6.45, 7) is 26.6. The van der Waals surface area contributed by atoms with E-state index < -0.39 is 24.2 Å². The van der Waals surface area contributed by atoms with E-state index >= 15 is 0 Å². The van der Waals surface area contributed by atoms with Crippen LogP contribution in [0.5, 0.6) is 0 Å². The van der Waals surface area contributed by atoms with Gasteiger partial charge in [-0.1, -0.05) is 128 Å². The van der Waals surface area contributed by atoms with Gasteiger partial charge in [0, 0.05) is 33.9 Å². The van der Waals surface area contributed by atoms with Crippen LogP contribution in [0.25, 0.3) is 5.20 Å². The summed E-state index contributed by atoms with van der Waals surface area (Å²) in [6.07, 6.45) is 4.98. The zero-order valence-electron chi connectivity index (χ0n) is 23.1. The number of benzene rings is 2. The van der Waals surface area contributed by atoms with Gasteiger partial charge in [0.2, 0.25) is 0 Å². The van der Waals surface area contributed by atoms with Gasteiger partial charge in [-0.3, -0.25) is 6.08 Å². The molecule has 2 aromatic carbocycles. The van der Waals surface area contributed by atoms with Gasteiger partial charge in [0.05, 0.1) is 0 Å². The van der Waals surface area contributed by atoms with Crippen molar-refractivity contribution in [1.29, 1.82) is 0 Å². The van der Waals surface area contributed by atoms with Gasteiger partial charge in [-0.25, -0.2) is 5.20 Å². The van der Waals surface area contributed by atoms with Crippen molar-refractivity contribution in [2.75, 3.05) is 0 Å². The summed E-state index contributed by atoms with van der Waals surface area (Å²) in [7, 11) is -3.29. The summed E-state index contributed by atoms with van der Waals surface area (Å²) >= 11 is 0. The van der Waals surface area contributed by atoms with E-state index in [1.54, 1.807) is 0 Å². The van der Waals surface area contributed by atoms with Crippen molar-refractivity contribution in [3.63, 3.8) is 0 Å². The van der Waals surface area contributed by atoms with Gasteiger partial charge in [-0.15, -0.1) is 27.8 Å². The monoisotopic (exact) mass is 523 g/mol. The molecule has 0 saturated heterocycles. The van der Waals surface area contributed by atoms with Crippen LogP contribution >= 0.6 is 0 Å². The van der Waals surface area contributed by atoms with Gasteiger partial charge in [0.25, 0.3) is 0 Å². The first-order chi connectivity index (χ1) is 14.5. The number of fused-ring (bicyclic) bond motifs is 1. The van der Waals surface area contributed by atoms with Gasteiger partial charge in [-0.2, -0.15) is 5.56 Å². The summed E-state index contributed by atoms with van der Waals surface area (Å²) in [5.41, 5.74) is 6.98. The summed E-state index contributed by atoms with van der Waals surface area (Å²) < 4.78 is 0. The predicted molar refractivity (Wildman–Crippen MR) is 154 cm³/mol. The Bertz CT molecular complexity index is 898. The molecule has 0 N–H and O–H groups in total. The average molecular weight is 524 g/mol. The summed E-state index contributed by atoms with van der Waals surface area (Å²) in [6, 6.07) is 19.8. The Morgan fingerprint density at radius 1 is 0.758 bits per heavy atom. The normalized spacial score (nSPS) is 16.2. The van der Waals surface area contributed by atoms with Crippen LogP contribution in [-0.4, -0.2) is 24.2 Å². The minimum absolute atomic E-state index is 0. The molecule has 0 nitrogen and oxygen atoms in total. The SMILES string of the molecule is CC(C)(C)[Si](C)(C)C1=[C-]C(Cc2ccccc2)c2ccccc21.C[Si](C)(C)[CH-][Si](C)(C)C.[Sc]. The Balaban J connectivity index is 0.000000467. The molecule has 33 heavy (non-hydrogen) atoms. The first kappa shape index (κ1) is 30.7. The molecule has 1 atom stereocenters. The molecule has 0 saturated carbocycles. The molecule has 0 amide bonds. The minimum Gasteiger partial charge on any atom is -0.327 e. The van der Waals surface area contributed by atoms with Crippen molar-refractivity contribution in [2.45, 2.75) is 90.5 Å². The summed E-state index contributed by atoms with van der Waals surface area (Å²) in [5, 5.41) is 1.87. The first-order valence-electron chi connectivity index (χ1n) is 12.2. The van der Waals surface area contributed by atoms with Crippen molar-refractivity contribution in [2.24, 2.45) is 0 Å². The number of hydrogen-bond donors (Lipinski definition) is 0. The first-order valence-corrected chi connectivity index (χ1v) is 22.3. The van der Waals surface area contributed by atoms with E-state index in [0.29, 0.717) is 11.0 Å². The van der Waals surface area contributed by atoms with Gasteiger partial charge in [0.15, 0.2) is 0 Å². The standard InChI is InChI=1S/C22H27Si.C7H19Si2.Sc/c1-22(2,3)23(4,5)21-16-18(15-17-11-7-6-8-12-17)19-13-9-10-14-20(19)21;1-8(2,3)7-9(4,5)6;/h6-14,18H,15H2,1-5H3;7H,1-6H3;/q2*-1;. The van der Waals surface area contributed by atoms with Crippen molar-refractivity contribution in [3.05, 3.63) is 83.0 Å². The van der Waals surface area contributed by atoms with Crippen molar-refractivity contribution >= 4 is 29.4 Å². The maximum Gasteiger partial charge on any atom is 0.0484 e. The molecular weight excluding hydrogens is 478 g/mol. The van der Waals surface area contributed by atoms with Crippen LogP contribution in [0, 0.1) is 11.7 Å². The van der Waals surface area contributed by atoms with Crippen molar-refractivity contribution in [1.82, 2.24) is 0 Å². The van der Waals surface area contributed by atoms with Crippen molar-refractivity contribution < 1.29 is 25.8 Å². The van der Waals surface area contributed by atoms with Crippen molar-refractivity contribution in [3.8, 4) is 0 Å². The Labute approximate surface area is 227 Å². The fraction of sp³-hybridized carbons (Fsp3) is 0.483. The summed E-state index contributed by atoms with van der Waals surface area (Å²) in [5.74, 6) is 0.401. The Kier molecular flexibility index (Phi) is 10.8. The van der Waals surface area contributed by atoms with Crippen LogP contribution in [-0.2, 0) is 32.3 Å². The molecule has 0 fully saturated rings. The van der Waals surface area contributed by atoms with E-state index in [4.69, 9.17) is 0 Å². The molecule has 1 aliphatic carbocycles. The van der Waals surface area contributed by atoms with E-state index in [1.165, 1.54) is 21.9 Å². The van der Waals surface area contributed by atoms with Gasteiger partial charge < -0.3 is 5.67 Å². The van der Waals surface area contributed by atoms with E-state index in [1.807, 2.05) is 0 Å². The zero-order chi connectivity index (χ0) is 24.4.